The average molecular weight is 390 g/mol. The smallest absolute Gasteiger partial charge is 0.241 e. The van der Waals surface area contributed by atoms with Gasteiger partial charge in [0, 0.05) is 17.8 Å². The van der Waals surface area contributed by atoms with Gasteiger partial charge in [-0.3, -0.25) is 4.72 Å². The highest BCUT2D eigenvalue weighted by Crippen LogP contribution is 2.30. The van der Waals surface area contributed by atoms with Crippen molar-refractivity contribution in [3.8, 4) is 0 Å². The molecule has 7 nitrogen and oxygen atoms in total. The van der Waals surface area contributed by atoms with Crippen LogP contribution in [0, 0.1) is 0 Å². The maximum absolute atomic E-state index is 12.6. The van der Waals surface area contributed by atoms with E-state index >= 15 is 0 Å². The number of unbranched alkanes of at least 4 members (excludes halogenated alkanes) is 1. The van der Waals surface area contributed by atoms with Gasteiger partial charge in [-0.05, 0) is 43.5 Å². The number of hydrogen-bond donors (Lipinski definition) is 3. The van der Waals surface area contributed by atoms with Gasteiger partial charge in [-0.15, -0.1) is 0 Å². The third-order valence-electron chi connectivity index (χ3n) is 4.51. The molecule has 1 saturated carbocycles. The summed E-state index contributed by atoms with van der Waals surface area (Å²) < 4.78 is 54.2. The molecule has 0 amide bonds. The highest BCUT2D eigenvalue weighted by atomic mass is 32.2. The highest BCUT2D eigenvalue weighted by Gasteiger charge is 2.36. The lowest BCUT2D eigenvalue weighted by Gasteiger charge is -2.28. The number of nitrogens with one attached hydrogen (secondary N) is 2. The van der Waals surface area contributed by atoms with E-state index in [9.17, 15) is 16.8 Å². The zero-order valence-corrected chi connectivity index (χ0v) is 16.1. The number of anilines is 1. The first kappa shape index (κ1) is 20.2. The lowest BCUT2D eigenvalue weighted by molar-refractivity contribution is 0.399. The monoisotopic (exact) mass is 389 g/mol. The number of rotatable bonds is 9. The minimum absolute atomic E-state index is 0.0458. The van der Waals surface area contributed by atoms with Crippen molar-refractivity contribution in [2.45, 2.75) is 55.9 Å². The fourth-order valence-electron chi connectivity index (χ4n) is 3.01. The maximum atomic E-state index is 12.6. The lowest BCUT2D eigenvalue weighted by atomic mass is 10.0. The third-order valence-corrected chi connectivity index (χ3v) is 7.47. The summed E-state index contributed by atoms with van der Waals surface area (Å²) in [7, 11) is -7.11. The van der Waals surface area contributed by atoms with Crippen molar-refractivity contribution < 1.29 is 16.8 Å². The van der Waals surface area contributed by atoms with Gasteiger partial charge in [0.05, 0.1) is 10.6 Å². The quantitative estimate of drug-likeness (QED) is 0.595. The van der Waals surface area contributed by atoms with E-state index in [2.05, 4.69) is 9.44 Å². The second kappa shape index (κ2) is 8.03. The summed E-state index contributed by atoms with van der Waals surface area (Å²) in [5.41, 5.74) is 5.56. The topological polar surface area (TPSA) is 118 Å². The van der Waals surface area contributed by atoms with Crippen LogP contribution in [0.2, 0.25) is 0 Å². The normalized spacial score (nSPS) is 17.5. The standard InChI is InChI=1S/C16H27N3O4S2/c1-2-3-12-24(20,21)18-14-6-8-15(9-7-14)25(22,23)19-16(13-17)10-4-5-11-16/h6-9,18-19H,2-5,10-13,17H2,1H3. The Bertz CT molecular complexity index is 768. The molecular formula is C16H27N3O4S2. The van der Waals surface area contributed by atoms with E-state index in [1.807, 2.05) is 6.92 Å². The maximum Gasteiger partial charge on any atom is 0.241 e. The predicted molar refractivity (Wildman–Crippen MR) is 99.3 cm³/mol. The van der Waals surface area contributed by atoms with E-state index in [1.165, 1.54) is 24.3 Å². The SMILES string of the molecule is CCCCS(=O)(=O)Nc1ccc(S(=O)(=O)NC2(CN)CCCC2)cc1. The molecule has 1 aliphatic carbocycles. The van der Waals surface area contributed by atoms with E-state index in [0.29, 0.717) is 12.1 Å². The van der Waals surface area contributed by atoms with Crippen molar-refractivity contribution in [1.82, 2.24) is 4.72 Å². The highest BCUT2D eigenvalue weighted by molar-refractivity contribution is 7.92. The van der Waals surface area contributed by atoms with Crippen LogP contribution in [0.4, 0.5) is 5.69 Å². The first-order valence-corrected chi connectivity index (χ1v) is 11.7. The van der Waals surface area contributed by atoms with Crippen molar-refractivity contribution in [3.05, 3.63) is 24.3 Å². The van der Waals surface area contributed by atoms with Gasteiger partial charge in [-0.2, -0.15) is 0 Å². The Hall–Kier alpha value is -1.16. The Kier molecular flexibility index (Phi) is 6.47. The van der Waals surface area contributed by atoms with Crippen LogP contribution in [-0.4, -0.2) is 34.7 Å². The first-order valence-electron chi connectivity index (χ1n) is 8.57. The van der Waals surface area contributed by atoms with Gasteiger partial charge in [0.25, 0.3) is 0 Å². The van der Waals surface area contributed by atoms with Gasteiger partial charge in [-0.25, -0.2) is 21.6 Å². The van der Waals surface area contributed by atoms with Crippen molar-refractivity contribution in [3.63, 3.8) is 0 Å². The molecule has 0 unspecified atom stereocenters. The second-order valence-electron chi connectivity index (χ2n) is 6.60. The molecule has 142 valence electrons. The number of hydrogen-bond acceptors (Lipinski definition) is 5. The van der Waals surface area contributed by atoms with Crippen molar-refractivity contribution in [2.24, 2.45) is 5.73 Å². The average Bonchev–Trinajstić information content (AvgIpc) is 3.01. The summed E-state index contributed by atoms with van der Waals surface area (Å²) in [6.45, 7) is 2.18. The van der Waals surface area contributed by atoms with Gasteiger partial charge in [0.2, 0.25) is 20.0 Å². The van der Waals surface area contributed by atoms with E-state index in [-0.39, 0.29) is 17.2 Å². The van der Waals surface area contributed by atoms with Gasteiger partial charge in [-0.1, -0.05) is 26.2 Å². The molecule has 0 spiro atoms. The summed E-state index contributed by atoms with van der Waals surface area (Å²) in [5, 5.41) is 0. The number of benzene rings is 1. The Morgan fingerprint density at radius 1 is 1.08 bits per heavy atom. The van der Waals surface area contributed by atoms with Gasteiger partial charge < -0.3 is 5.73 Å². The van der Waals surface area contributed by atoms with Gasteiger partial charge >= 0.3 is 0 Å². The van der Waals surface area contributed by atoms with Crippen LogP contribution in [0.15, 0.2) is 29.2 Å². The molecule has 1 aliphatic rings. The van der Waals surface area contributed by atoms with Crippen molar-refractivity contribution in [1.29, 1.82) is 0 Å². The van der Waals surface area contributed by atoms with Crippen LogP contribution >= 0.6 is 0 Å². The molecule has 0 heterocycles. The minimum Gasteiger partial charge on any atom is -0.329 e. The Labute approximate surface area is 150 Å². The number of sulfonamides is 2. The van der Waals surface area contributed by atoms with Crippen LogP contribution in [0.1, 0.15) is 45.4 Å². The molecule has 1 aromatic carbocycles. The molecule has 9 heteroatoms. The summed E-state index contributed by atoms with van der Waals surface area (Å²) in [6.07, 6.45) is 4.74. The molecule has 2 rings (SSSR count). The molecule has 0 aliphatic heterocycles. The summed E-state index contributed by atoms with van der Waals surface area (Å²) in [5.74, 6) is 0.0458. The number of nitrogens with two attached hydrogens (primary N) is 1. The lowest BCUT2D eigenvalue weighted by Crippen LogP contribution is -2.51. The van der Waals surface area contributed by atoms with Gasteiger partial charge in [0.15, 0.2) is 0 Å². The zero-order valence-electron chi connectivity index (χ0n) is 14.5. The Morgan fingerprint density at radius 2 is 1.68 bits per heavy atom. The second-order valence-corrected chi connectivity index (χ2v) is 10.1. The Morgan fingerprint density at radius 3 is 2.20 bits per heavy atom. The fraction of sp³-hybridized carbons (Fsp3) is 0.625. The molecule has 0 radical (unpaired) electrons. The van der Waals surface area contributed by atoms with Crippen molar-refractivity contribution >= 4 is 25.7 Å². The molecule has 4 N–H and O–H groups in total. The fourth-order valence-corrected chi connectivity index (χ4v) is 5.75. The molecule has 0 bridgehead atoms. The Balaban J connectivity index is 2.10. The van der Waals surface area contributed by atoms with Gasteiger partial charge in [0.1, 0.15) is 0 Å². The van der Waals surface area contributed by atoms with Crippen molar-refractivity contribution in [2.75, 3.05) is 17.0 Å². The third kappa shape index (κ3) is 5.40. The molecule has 1 aromatic rings. The van der Waals surface area contributed by atoms with Crippen LogP contribution < -0.4 is 15.2 Å². The molecular weight excluding hydrogens is 362 g/mol. The van der Waals surface area contributed by atoms with E-state index < -0.39 is 25.6 Å². The van der Waals surface area contributed by atoms with Crippen LogP contribution in [0.25, 0.3) is 0 Å². The molecule has 0 aromatic heterocycles. The zero-order chi connectivity index (χ0) is 18.6. The minimum atomic E-state index is -3.70. The van der Waals surface area contributed by atoms with E-state index in [4.69, 9.17) is 5.73 Å². The summed E-state index contributed by atoms with van der Waals surface area (Å²) in [4.78, 5) is 0.101. The predicted octanol–water partition coefficient (Wildman–Crippen LogP) is 1.78. The molecule has 25 heavy (non-hydrogen) atoms. The van der Waals surface area contributed by atoms with E-state index in [1.54, 1.807) is 0 Å². The van der Waals surface area contributed by atoms with Crippen LogP contribution in [0.5, 0.6) is 0 Å². The molecule has 0 atom stereocenters. The van der Waals surface area contributed by atoms with Crippen LogP contribution in [-0.2, 0) is 20.0 Å². The summed E-state index contributed by atoms with van der Waals surface area (Å²) in [6, 6.07) is 5.72. The molecule has 1 fully saturated rings. The largest absolute Gasteiger partial charge is 0.329 e. The van der Waals surface area contributed by atoms with Crippen LogP contribution in [0.3, 0.4) is 0 Å². The summed E-state index contributed by atoms with van der Waals surface area (Å²) >= 11 is 0. The first-order chi connectivity index (χ1) is 11.7. The molecule has 0 saturated heterocycles. The van der Waals surface area contributed by atoms with E-state index in [0.717, 1.165) is 32.1 Å².